The van der Waals surface area contributed by atoms with Gasteiger partial charge in [0.1, 0.15) is 0 Å². The zero-order chi connectivity index (χ0) is 10.2. The molecular formula is C13H18O. The van der Waals surface area contributed by atoms with Gasteiger partial charge in [-0.2, -0.15) is 0 Å². The van der Waals surface area contributed by atoms with E-state index in [-0.39, 0.29) is 11.5 Å². The van der Waals surface area contributed by atoms with Crippen LogP contribution in [-0.2, 0) is 0 Å². The van der Waals surface area contributed by atoms with Crippen molar-refractivity contribution in [2.24, 2.45) is 5.41 Å². The van der Waals surface area contributed by atoms with Crippen molar-refractivity contribution >= 4 is 0 Å². The quantitative estimate of drug-likeness (QED) is 0.777. The van der Waals surface area contributed by atoms with Crippen molar-refractivity contribution in [3.05, 3.63) is 35.9 Å². The number of hydrogen-bond acceptors (Lipinski definition) is 1. The largest absolute Gasteiger partial charge is 0.393 e. The molecule has 1 aromatic rings. The van der Waals surface area contributed by atoms with E-state index < -0.39 is 0 Å². The second-order valence-electron chi connectivity index (χ2n) is 4.54. The first-order chi connectivity index (χ1) is 6.67. The van der Waals surface area contributed by atoms with Crippen LogP contribution in [0.1, 0.15) is 38.2 Å². The standard InChI is InChI=1S/C13H18O/c1-10(12-6-4-3-5-7-12)13(8-9-13)11(2)14/h3-7,10-11,14H,8-9H2,1-2H3. The van der Waals surface area contributed by atoms with Gasteiger partial charge in [0.25, 0.3) is 0 Å². The lowest BCUT2D eigenvalue weighted by atomic mass is 9.81. The Balaban J connectivity index is 2.21. The molecule has 0 amide bonds. The molecule has 1 nitrogen and oxygen atoms in total. The van der Waals surface area contributed by atoms with Gasteiger partial charge in [-0.15, -0.1) is 0 Å². The Bertz CT molecular complexity index is 298. The predicted octanol–water partition coefficient (Wildman–Crippen LogP) is 2.95. The van der Waals surface area contributed by atoms with E-state index in [0.717, 1.165) is 0 Å². The molecule has 0 bridgehead atoms. The summed E-state index contributed by atoms with van der Waals surface area (Å²) in [5.41, 5.74) is 1.52. The van der Waals surface area contributed by atoms with Crippen molar-refractivity contribution < 1.29 is 5.11 Å². The van der Waals surface area contributed by atoms with Gasteiger partial charge >= 0.3 is 0 Å². The van der Waals surface area contributed by atoms with Gasteiger partial charge in [0.15, 0.2) is 0 Å². The Labute approximate surface area is 85.8 Å². The van der Waals surface area contributed by atoms with Gasteiger partial charge in [-0.05, 0) is 31.2 Å². The molecule has 2 rings (SSSR count). The van der Waals surface area contributed by atoms with Crippen molar-refractivity contribution in [3.8, 4) is 0 Å². The fraction of sp³-hybridized carbons (Fsp3) is 0.538. The second-order valence-corrected chi connectivity index (χ2v) is 4.54. The first-order valence-corrected chi connectivity index (χ1v) is 5.40. The molecule has 1 N–H and O–H groups in total. The Morgan fingerprint density at radius 2 is 1.71 bits per heavy atom. The van der Waals surface area contributed by atoms with E-state index in [1.807, 2.05) is 13.0 Å². The molecular weight excluding hydrogens is 172 g/mol. The van der Waals surface area contributed by atoms with E-state index in [0.29, 0.717) is 5.92 Å². The lowest BCUT2D eigenvalue weighted by Gasteiger charge is -2.26. The molecule has 0 heterocycles. The van der Waals surface area contributed by atoms with E-state index >= 15 is 0 Å². The fourth-order valence-corrected chi connectivity index (χ4v) is 2.43. The van der Waals surface area contributed by atoms with E-state index in [1.54, 1.807) is 0 Å². The van der Waals surface area contributed by atoms with Gasteiger partial charge < -0.3 is 5.11 Å². The summed E-state index contributed by atoms with van der Waals surface area (Å²) in [5.74, 6) is 0.476. The molecule has 1 aromatic carbocycles. The van der Waals surface area contributed by atoms with Gasteiger partial charge in [0.05, 0.1) is 6.10 Å². The summed E-state index contributed by atoms with van der Waals surface area (Å²) < 4.78 is 0. The highest BCUT2D eigenvalue weighted by molar-refractivity contribution is 5.24. The fourth-order valence-electron chi connectivity index (χ4n) is 2.43. The SMILES string of the molecule is CC(O)C1(C(C)c2ccccc2)CC1. The molecule has 0 saturated heterocycles. The van der Waals surface area contributed by atoms with Crippen LogP contribution in [0.4, 0.5) is 0 Å². The Morgan fingerprint density at radius 3 is 2.14 bits per heavy atom. The maximum atomic E-state index is 9.77. The summed E-state index contributed by atoms with van der Waals surface area (Å²) in [6, 6.07) is 10.5. The highest BCUT2D eigenvalue weighted by Gasteiger charge is 2.51. The average molecular weight is 190 g/mol. The topological polar surface area (TPSA) is 20.2 Å². The summed E-state index contributed by atoms with van der Waals surface area (Å²) in [5, 5.41) is 9.77. The third-order valence-electron chi connectivity index (χ3n) is 3.82. The molecule has 14 heavy (non-hydrogen) atoms. The van der Waals surface area contributed by atoms with E-state index in [9.17, 15) is 5.11 Å². The molecule has 0 radical (unpaired) electrons. The molecule has 2 atom stereocenters. The molecule has 0 aliphatic heterocycles. The average Bonchev–Trinajstić information content (AvgIpc) is 2.99. The maximum Gasteiger partial charge on any atom is 0.0574 e. The van der Waals surface area contributed by atoms with Crippen LogP contribution in [0.5, 0.6) is 0 Å². The molecule has 1 fully saturated rings. The number of aliphatic hydroxyl groups is 1. The third kappa shape index (κ3) is 1.46. The van der Waals surface area contributed by atoms with Crippen molar-refractivity contribution in [1.29, 1.82) is 0 Å². The van der Waals surface area contributed by atoms with Crippen molar-refractivity contribution in [2.75, 3.05) is 0 Å². The van der Waals surface area contributed by atoms with Crippen molar-refractivity contribution in [3.63, 3.8) is 0 Å². The third-order valence-corrected chi connectivity index (χ3v) is 3.82. The highest BCUT2D eigenvalue weighted by Crippen LogP contribution is 2.58. The molecule has 1 aliphatic carbocycles. The van der Waals surface area contributed by atoms with E-state index in [4.69, 9.17) is 0 Å². The molecule has 1 aliphatic rings. The smallest absolute Gasteiger partial charge is 0.0574 e. The van der Waals surface area contributed by atoms with Gasteiger partial charge in [-0.3, -0.25) is 0 Å². The normalized spacial score (nSPS) is 22.8. The van der Waals surface area contributed by atoms with Crippen LogP contribution in [-0.4, -0.2) is 11.2 Å². The summed E-state index contributed by atoms with van der Waals surface area (Å²) in [7, 11) is 0. The first kappa shape index (κ1) is 9.72. The molecule has 0 spiro atoms. The second kappa shape index (κ2) is 3.39. The van der Waals surface area contributed by atoms with Crippen LogP contribution in [0, 0.1) is 5.41 Å². The summed E-state index contributed by atoms with van der Waals surface area (Å²) in [4.78, 5) is 0. The monoisotopic (exact) mass is 190 g/mol. The van der Waals surface area contributed by atoms with Crippen LogP contribution < -0.4 is 0 Å². The van der Waals surface area contributed by atoms with Crippen LogP contribution >= 0.6 is 0 Å². The minimum absolute atomic E-state index is 0.168. The van der Waals surface area contributed by atoms with E-state index in [1.165, 1.54) is 18.4 Å². The first-order valence-electron chi connectivity index (χ1n) is 5.40. The minimum Gasteiger partial charge on any atom is -0.393 e. The molecule has 76 valence electrons. The molecule has 1 heteroatoms. The molecule has 2 unspecified atom stereocenters. The van der Waals surface area contributed by atoms with Gasteiger partial charge in [-0.1, -0.05) is 37.3 Å². The minimum atomic E-state index is -0.183. The van der Waals surface area contributed by atoms with Crippen LogP contribution in [0.25, 0.3) is 0 Å². The Kier molecular flexibility index (Phi) is 2.36. The summed E-state index contributed by atoms with van der Waals surface area (Å²) in [6.45, 7) is 4.15. The van der Waals surface area contributed by atoms with Gasteiger partial charge in [-0.25, -0.2) is 0 Å². The van der Waals surface area contributed by atoms with Crippen molar-refractivity contribution in [1.82, 2.24) is 0 Å². The Hall–Kier alpha value is -0.820. The van der Waals surface area contributed by atoms with Gasteiger partial charge in [0, 0.05) is 5.41 Å². The lowest BCUT2D eigenvalue weighted by Crippen LogP contribution is -2.24. The number of aliphatic hydroxyl groups excluding tert-OH is 1. The van der Waals surface area contributed by atoms with Crippen LogP contribution in [0.15, 0.2) is 30.3 Å². The van der Waals surface area contributed by atoms with Crippen LogP contribution in [0.3, 0.4) is 0 Å². The van der Waals surface area contributed by atoms with Crippen LogP contribution in [0.2, 0.25) is 0 Å². The zero-order valence-corrected chi connectivity index (χ0v) is 8.90. The van der Waals surface area contributed by atoms with Crippen molar-refractivity contribution in [2.45, 2.75) is 38.7 Å². The number of hydrogen-bond donors (Lipinski definition) is 1. The highest BCUT2D eigenvalue weighted by atomic mass is 16.3. The number of benzene rings is 1. The van der Waals surface area contributed by atoms with Gasteiger partial charge in [0.2, 0.25) is 0 Å². The maximum absolute atomic E-state index is 9.77. The summed E-state index contributed by atoms with van der Waals surface area (Å²) >= 11 is 0. The molecule has 1 saturated carbocycles. The molecule has 0 aromatic heterocycles. The van der Waals surface area contributed by atoms with E-state index in [2.05, 4.69) is 31.2 Å². The predicted molar refractivity (Wildman–Crippen MR) is 58.2 cm³/mol. The lowest BCUT2D eigenvalue weighted by molar-refractivity contribution is 0.0953. The zero-order valence-electron chi connectivity index (χ0n) is 8.90. The number of rotatable bonds is 3. The Morgan fingerprint density at radius 1 is 1.14 bits per heavy atom. The summed E-state index contributed by atoms with van der Waals surface area (Å²) in [6.07, 6.45) is 2.15.